The van der Waals surface area contributed by atoms with Crippen LogP contribution in [0.3, 0.4) is 0 Å². The van der Waals surface area contributed by atoms with E-state index in [9.17, 15) is 23.5 Å². The molecule has 1 atom stereocenters. The first kappa shape index (κ1) is 17.7. The maximum absolute atomic E-state index is 15.3. The Morgan fingerprint density at radius 2 is 1.85 bits per heavy atom. The summed E-state index contributed by atoms with van der Waals surface area (Å²) >= 11 is 0. The molecule has 1 saturated heterocycles. The molecule has 2 aromatic rings. The molecule has 10 heteroatoms. The highest BCUT2D eigenvalue weighted by atomic mass is 19.2. The van der Waals surface area contributed by atoms with Gasteiger partial charge in [0.1, 0.15) is 5.69 Å². The second-order valence-electron chi connectivity index (χ2n) is 6.73. The fourth-order valence-corrected chi connectivity index (χ4v) is 3.49. The fourth-order valence-electron chi connectivity index (χ4n) is 3.49. The molecule has 2 heterocycles. The highest BCUT2D eigenvalue weighted by Gasteiger charge is 2.35. The van der Waals surface area contributed by atoms with Crippen molar-refractivity contribution in [3.63, 3.8) is 0 Å². The standard InChI is InChI=1S/C17H15F3N2O5/c18-11-10-14(13(20)15(12(11)19)21-4-3-8(23)5-21)22(7-1-2-7)6-9(16(10)24)27-17(25)26/h6-8,23H,1-5H2,(H,25,26). The molecule has 1 aliphatic carbocycles. The van der Waals surface area contributed by atoms with Crippen LogP contribution < -0.4 is 15.1 Å². The molecule has 27 heavy (non-hydrogen) atoms. The molecule has 2 aliphatic rings. The van der Waals surface area contributed by atoms with Gasteiger partial charge in [-0.1, -0.05) is 0 Å². The summed E-state index contributed by atoms with van der Waals surface area (Å²) < 4.78 is 50.3. The first-order chi connectivity index (χ1) is 12.8. The Hall–Kier alpha value is -2.75. The topological polar surface area (TPSA) is 92.0 Å². The maximum Gasteiger partial charge on any atom is 0.511 e. The zero-order valence-corrected chi connectivity index (χ0v) is 13.9. The number of halogens is 3. The predicted molar refractivity (Wildman–Crippen MR) is 87.8 cm³/mol. The van der Waals surface area contributed by atoms with Crippen molar-refractivity contribution < 1.29 is 32.9 Å². The van der Waals surface area contributed by atoms with Crippen molar-refractivity contribution in [2.45, 2.75) is 31.4 Å². The molecule has 0 radical (unpaired) electrons. The van der Waals surface area contributed by atoms with Gasteiger partial charge in [0, 0.05) is 19.1 Å². The van der Waals surface area contributed by atoms with Crippen LogP contribution in [0.5, 0.6) is 5.75 Å². The van der Waals surface area contributed by atoms with Gasteiger partial charge in [0.25, 0.3) is 0 Å². The maximum atomic E-state index is 15.3. The quantitative estimate of drug-likeness (QED) is 0.624. The van der Waals surface area contributed by atoms with Crippen molar-refractivity contribution in [3.8, 4) is 5.75 Å². The van der Waals surface area contributed by atoms with E-state index in [2.05, 4.69) is 4.74 Å². The zero-order chi connectivity index (χ0) is 19.5. The number of aromatic nitrogens is 1. The van der Waals surface area contributed by atoms with Crippen LogP contribution in [0.1, 0.15) is 25.3 Å². The number of benzene rings is 1. The molecule has 1 aliphatic heterocycles. The van der Waals surface area contributed by atoms with Gasteiger partial charge in [-0.3, -0.25) is 4.79 Å². The van der Waals surface area contributed by atoms with E-state index in [1.165, 1.54) is 9.47 Å². The van der Waals surface area contributed by atoms with Gasteiger partial charge in [-0.15, -0.1) is 0 Å². The third kappa shape index (κ3) is 2.80. The van der Waals surface area contributed by atoms with Crippen LogP contribution in [0.25, 0.3) is 10.9 Å². The Balaban J connectivity index is 2.04. The summed E-state index contributed by atoms with van der Waals surface area (Å²) in [5.41, 5.74) is -2.32. The minimum Gasteiger partial charge on any atom is -0.449 e. The largest absolute Gasteiger partial charge is 0.511 e. The molecule has 1 saturated carbocycles. The van der Waals surface area contributed by atoms with Crippen LogP contribution in [0.15, 0.2) is 11.0 Å². The second-order valence-corrected chi connectivity index (χ2v) is 6.73. The van der Waals surface area contributed by atoms with Gasteiger partial charge in [0.05, 0.1) is 23.2 Å². The Morgan fingerprint density at radius 3 is 2.41 bits per heavy atom. The number of rotatable bonds is 3. The Bertz CT molecular complexity index is 1020. The lowest BCUT2D eigenvalue weighted by Crippen LogP contribution is -2.26. The van der Waals surface area contributed by atoms with Crippen LogP contribution >= 0.6 is 0 Å². The van der Waals surface area contributed by atoms with E-state index >= 15 is 4.39 Å². The monoisotopic (exact) mass is 384 g/mol. The van der Waals surface area contributed by atoms with E-state index in [1.54, 1.807) is 0 Å². The zero-order valence-electron chi connectivity index (χ0n) is 13.9. The number of aliphatic hydroxyl groups is 1. The molecular weight excluding hydrogens is 369 g/mol. The van der Waals surface area contributed by atoms with Gasteiger partial charge in [0.15, 0.2) is 23.2 Å². The number of fused-ring (bicyclic) bond motifs is 1. The van der Waals surface area contributed by atoms with E-state index in [0.29, 0.717) is 12.8 Å². The summed E-state index contributed by atoms with van der Waals surface area (Å²) in [4.78, 5) is 24.4. The van der Waals surface area contributed by atoms with E-state index in [4.69, 9.17) is 5.11 Å². The first-order valence-corrected chi connectivity index (χ1v) is 8.38. The van der Waals surface area contributed by atoms with Gasteiger partial charge in [0.2, 0.25) is 5.43 Å². The lowest BCUT2D eigenvalue weighted by atomic mass is 10.1. The molecule has 2 fully saturated rings. The SMILES string of the molecule is O=C(O)Oc1cn(C2CC2)c2c(F)c(N3CCC(O)C3)c(F)c(F)c2c1=O. The number of ether oxygens (including phenoxy) is 1. The van der Waals surface area contributed by atoms with E-state index in [-0.39, 0.29) is 25.6 Å². The number of hydrogen-bond donors (Lipinski definition) is 2. The molecular formula is C17H15F3N2O5. The predicted octanol–water partition coefficient (Wildman–Crippen LogP) is 2.38. The van der Waals surface area contributed by atoms with Gasteiger partial charge in [-0.25, -0.2) is 18.0 Å². The summed E-state index contributed by atoms with van der Waals surface area (Å²) in [7, 11) is 0. The number of aliphatic hydroxyl groups excluding tert-OH is 1. The molecule has 2 N–H and O–H groups in total. The van der Waals surface area contributed by atoms with E-state index < -0.39 is 57.5 Å². The average Bonchev–Trinajstić information content (AvgIpc) is 3.36. The first-order valence-electron chi connectivity index (χ1n) is 8.38. The number of carboxylic acid groups (broad SMARTS) is 1. The normalized spacial score (nSPS) is 19.7. The highest BCUT2D eigenvalue weighted by molar-refractivity contribution is 5.86. The number of β-amino-alcohol motifs (C(OH)–C–C–N with tert-alkyl or cyclic N) is 1. The van der Waals surface area contributed by atoms with Crippen LogP contribution in [-0.4, -0.2) is 40.1 Å². The smallest absolute Gasteiger partial charge is 0.449 e. The van der Waals surface area contributed by atoms with Crippen LogP contribution in [0.4, 0.5) is 23.7 Å². The van der Waals surface area contributed by atoms with Gasteiger partial charge in [-0.2, -0.15) is 0 Å². The summed E-state index contributed by atoms with van der Waals surface area (Å²) in [6.45, 7) is 0.0699. The van der Waals surface area contributed by atoms with Crippen molar-refractivity contribution >= 4 is 22.7 Å². The number of hydrogen-bond acceptors (Lipinski definition) is 5. The molecule has 0 bridgehead atoms. The molecule has 7 nitrogen and oxygen atoms in total. The highest BCUT2D eigenvalue weighted by Crippen LogP contribution is 2.41. The molecule has 4 rings (SSSR count). The molecule has 1 aromatic carbocycles. The second kappa shape index (κ2) is 6.15. The third-order valence-corrected chi connectivity index (χ3v) is 4.86. The van der Waals surface area contributed by atoms with Crippen molar-refractivity contribution in [3.05, 3.63) is 33.9 Å². The molecule has 0 amide bonds. The van der Waals surface area contributed by atoms with Crippen molar-refractivity contribution in [1.29, 1.82) is 0 Å². The average molecular weight is 384 g/mol. The Labute approximate surface area is 150 Å². The van der Waals surface area contributed by atoms with Crippen LogP contribution in [0.2, 0.25) is 0 Å². The van der Waals surface area contributed by atoms with E-state index in [1.807, 2.05) is 0 Å². The van der Waals surface area contributed by atoms with Gasteiger partial charge in [-0.05, 0) is 19.3 Å². The Kier molecular flexibility index (Phi) is 4.02. The van der Waals surface area contributed by atoms with Crippen LogP contribution in [0, 0.1) is 17.5 Å². The van der Waals surface area contributed by atoms with Crippen LogP contribution in [-0.2, 0) is 0 Å². The number of carbonyl (C=O) groups is 1. The van der Waals surface area contributed by atoms with Gasteiger partial charge >= 0.3 is 6.16 Å². The van der Waals surface area contributed by atoms with Crippen molar-refractivity contribution in [2.75, 3.05) is 18.0 Å². The summed E-state index contributed by atoms with van der Waals surface area (Å²) in [5.74, 6) is -4.97. The minimum absolute atomic E-state index is 0.0628. The Morgan fingerprint density at radius 1 is 1.15 bits per heavy atom. The minimum atomic E-state index is -1.79. The fraction of sp³-hybridized carbons (Fsp3) is 0.412. The summed E-state index contributed by atoms with van der Waals surface area (Å²) in [5, 5.41) is 17.5. The number of anilines is 1. The molecule has 1 aromatic heterocycles. The third-order valence-electron chi connectivity index (χ3n) is 4.86. The van der Waals surface area contributed by atoms with Gasteiger partial charge < -0.3 is 24.4 Å². The van der Waals surface area contributed by atoms with Crippen molar-refractivity contribution in [2.24, 2.45) is 0 Å². The van der Waals surface area contributed by atoms with Crippen molar-refractivity contribution in [1.82, 2.24) is 4.57 Å². The number of nitrogens with zero attached hydrogens (tertiary/aromatic N) is 2. The van der Waals surface area contributed by atoms with E-state index in [0.717, 1.165) is 6.20 Å². The molecule has 1 unspecified atom stereocenters. The summed E-state index contributed by atoms with van der Waals surface area (Å²) in [6.07, 6.45) is -0.0717. The molecule has 0 spiro atoms. The molecule has 144 valence electrons. The number of pyridine rings is 1. The lowest BCUT2D eigenvalue weighted by Gasteiger charge is -2.22. The lowest BCUT2D eigenvalue weighted by molar-refractivity contribution is 0.143. The summed E-state index contributed by atoms with van der Waals surface area (Å²) in [6, 6.07) is -0.277.